The van der Waals surface area contributed by atoms with Crippen molar-refractivity contribution in [1.29, 1.82) is 0 Å². The average molecular weight is 389 g/mol. The molecule has 0 unspecified atom stereocenters. The number of nitrogens with zero attached hydrogens (tertiary/aromatic N) is 4. The first kappa shape index (κ1) is 17.5. The van der Waals surface area contributed by atoms with Crippen molar-refractivity contribution in [2.75, 3.05) is 11.1 Å². The van der Waals surface area contributed by atoms with Crippen LogP contribution in [-0.4, -0.2) is 25.1 Å². The lowest BCUT2D eigenvalue weighted by atomic mass is 10.1. The van der Waals surface area contributed by atoms with E-state index in [9.17, 15) is 4.39 Å². The van der Waals surface area contributed by atoms with Crippen LogP contribution in [0.15, 0.2) is 42.6 Å². The van der Waals surface area contributed by atoms with E-state index < -0.39 is 0 Å². The number of pyridine rings is 1. The highest BCUT2D eigenvalue weighted by molar-refractivity contribution is 5.99. The molecule has 1 aromatic carbocycles. The van der Waals surface area contributed by atoms with Crippen molar-refractivity contribution in [2.45, 2.75) is 31.7 Å². The molecule has 4 aromatic rings. The summed E-state index contributed by atoms with van der Waals surface area (Å²) in [5, 5.41) is 11.5. The summed E-state index contributed by atoms with van der Waals surface area (Å²) in [7, 11) is 0. The molecule has 7 nitrogen and oxygen atoms in total. The first-order valence-electron chi connectivity index (χ1n) is 9.58. The number of hydrogen-bond acceptors (Lipinski definition) is 6. The number of nitrogens with two attached hydrogens (primary N) is 1. The first-order valence-corrected chi connectivity index (χ1v) is 9.58. The van der Waals surface area contributed by atoms with E-state index in [1.165, 1.54) is 25.0 Å². The number of hydrogen-bond donors (Lipinski definition) is 3. The van der Waals surface area contributed by atoms with E-state index >= 15 is 0 Å². The summed E-state index contributed by atoms with van der Waals surface area (Å²) in [5.41, 5.74) is 10.5. The molecule has 1 fully saturated rings. The largest absolute Gasteiger partial charge is 0.383 e. The summed E-state index contributed by atoms with van der Waals surface area (Å²) in [6.07, 6.45) is 4.10. The van der Waals surface area contributed by atoms with Crippen LogP contribution < -0.4 is 11.1 Å². The maximum Gasteiger partial charge on any atom is 0.227 e. The second-order valence-electron chi connectivity index (χ2n) is 7.39. The van der Waals surface area contributed by atoms with Crippen LogP contribution in [-0.2, 0) is 0 Å². The second-order valence-corrected chi connectivity index (χ2v) is 7.39. The van der Waals surface area contributed by atoms with Gasteiger partial charge in [0, 0.05) is 23.4 Å². The van der Waals surface area contributed by atoms with E-state index in [4.69, 9.17) is 5.73 Å². The summed E-state index contributed by atoms with van der Waals surface area (Å²) < 4.78 is 13.2. The van der Waals surface area contributed by atoms with Gasteiger partial charge < -0.3 is 11.1 Å². The van der Waals surface area contributed by atoms with Gasteiger partial charge in [-0.3, -0.25) is 5.10 Å². The molecule has 8 heteroatoms. The van der Waals surface area contributed by atoms with Gasteiger partial charge in [0.1, 0.15) is 11.6 Å². The smallest absolute Gasteiger partial charge is 0.227 e. The highest BCUT2D eigenvalue weighted by Crippen LogP contribution is 2.40. The van der Waals surface area contributed by atoms with Crippen molar-refractivity contribution < 1.29 is 4.39 Å². The van der Waals surface area contributed by atoms with E-state index in [0.29, 0.717) is 28.7 Å². The monoisotopic (exact) mass is 389 g/mol. The number of aromatic amines is 1. The van der Waals surface area contributed by atoms with Gasteiger partial charge in [0.2, 0.25) is 5.95 Å². The highest BCUT2D eigenvalue weighted by Gasteiger charge is 2.26. The van der Waals surface area contributed by atoms with Crippen molar-refractivity contribution in [3.63, 3.8) is 0 Å². The summed E-state index contributed by atoms with van der Waals surface area (Å²) in [6, 6.07) is 10.1. The lowest BCUT2D eigenvalue weighted by Gasteiger charge is -2.15. The van der Waals surface area contributed by atoms with E-state index in [-0.39, 0.29) is 11.9 Å². The summed E-state index contributed by atoms with van der Waals surface area (Å²) >= 11 is 0. The van der Waals surface area contributed by atoms with Crippen molar-refractivity contribution in [3.8, 4) is 11.3 Å². The van der Waals surface area contributed by atoms with Gasteiger partial charge in [0.25, 0.3) is 0 Å². The van der Waals surface area contributed by atoms with Crippen molar-refractivity contribution in [1.82, 2.24) is 25.1 Å². The zero-order chi connectivity index (χ0) is 20.0. The molecule has 0 radical (unpaired) electrons. The fraction of sp³-hybridized carbons (Fsp3) is 0.238. The van der Waals surface area contributed by atoms with Crippen LogP contribution in [0.3, 0.4) is 0 Å². The molecule has 3 heterocycles. The standard InChI is InChI=1S/C21H20FN7/c1-11(12-4-6-14(22)7-5-12)25-21-26-19(23)18-15(8-9-24-20(18)27-21)17-10-16(28-29-17)13-2-3-13/h4-11,13H,2-3H2,1H3,(H,28,29)(H3,23,24,25,26,27)/t11-/m0/s1. The summed E-state index contributed by atoms with van der Waals surface area (Å²) in [4.78, 5) is 13.3. The van der Waals surface area contributed by atoms with E-state index in [2.05, 4.69) is 36.5 Å². The summed E-state index contributed by atoms with van der Waals surface area (Å²) in [6.45, 7) is 1.95. The van der Waals surface area contributed by atoms with Gasteiger partial charge >= 0.3 is 0 Å². The molecule has 0 amide bonds. The zero-order valence-corrected chi connectivity index (χ0v) is 15.9. The number of nitrogen functional groups attached to an aromatic ring is 1. The number of H-pyrrole nitrogens is 1. The maximum absolute atomic E-state index is 13.2. The van der Waals surface area contributed by atoms with E-state index in [0.717, 1.165) is 22.5 Å². The Morgan fingerprint density at radius 1 is 1.17 bits per heavy atom. The Balaban J connectivity index is 1.48. The Morgan fingerprint density at radius 3 is 2.72 bits per heavy atom. The lowest BCUT2D eigenvalue weighted by Crippen LogP contribution is -2.11. The van der Waals surface area contributed by atoms with Crippen LogP contribution in [0.4, 0.5) is 16.2 Å². The van der Waals surface area contributed by atoms with Crippen molar-refractivity contribution >= 4 is 22.8 Å². The third-order valence-electron chi connectivity index (χ3n) is 5.23. The number of benzene rings is 1. The molecule has 1 saturated carbocycles. The fourth-order valence-electron chi connectivity index (χ4n) is 3.47. The molecule has 1 atom stereocenters. The average Bonchev–Trinajstić information content (AvgIpc) is 3.45. The topological polar surface area (TPSA) is 105 Å². The highest BCUT2D eigenvalue weighted by atomic mass is 19.1. The predicted octanol–water partition coefficient (Wildman–Crippen LogP) is 4.19. The number of rotatable bonds is 5. The van der Waals surface area contributed by atoms with Crippen LogP contribution in [0.25, 0.3) is 22.3 Å². The number of fused-ring (bicyclic) bond motifs is 1. The van der Waals surface area contributed by atoms with Gasteiger partial charge in [-0.05, 0) is 49.6 Å². The van der Waals surface area contributed by atoms with Crippen molar-refractivity contribution in [2.24, 2.45) is 0 Å². The molecule has 0 spiro atoms. The molecule has 146 valence electrons. The third kappa shape index (κ3) is 3.37. The lowest BCUT2D eigenvalue weighted by molar-refractivity contribution is 0.626. The van der Waals surface area contributed by atoms with Gasteiger partial charge in [-0.1, -0.05) is 12.1 Å². The van der Waals surface area contributed by atoms with Gasteiger partial charge in [0.15, 0.2) is 5.65 Å². The molecular formula is C21H20FN7. The minimum absolute atomic E-state index is 0.122. The minimum Gasteiger partial charge on any atom is -0.383 e. The Bertz CT molecular complexity index is 1180. The van der Waals surface area contributed by atoms with Gasteiger partial charge in [0.05, 0.1) is 17.1 Å². The first-order chi connectivity index (χ1) is 14.1. The maximum atomic E-state index is 13.2. The van der Waals surface area contributed by atoms with E-state index in [1.54, 1.807) is 18.3 Å². The van der Waals surface area contributed by atoms with Crippen LogP contribution in [0, 0.1) is 5.82 Å². The molecule has 0 bridgehead atoms. The van der Waals surface area contributed by atoms with Gasteiger partial charge in [-0.15, -0.1) is 0 Å². The molecule has 29 heavy (non-hydrogen) atoms. The molecule has 1 aliphatic carbocycles. The Hall–Kier alpha value is -3.55. The van der Waals surface area contributed by atoms with Gasteiger partial charge in [-0.2, -0.15) is 15.1 Å². The fourth-order valence-corrected chi connectivity index (χ4v) is 3.47. The number of halogens is 1. The normalized spacial score (nSPS) is 14.8. The number of anilines is 2. The molecule has 5 rings (SSSR count). The SMILES string of the molecule is C[C@H](Nc1nc(N)c2c(-c3cc(C4CC4)[nH]n3)ccnc2n1)c1ccc(F)cc1. The molecule has 0 aliphatic heterocycles. The molecule has 3 aromatic heterocycles. The number of nitrogens with one attached hydrogen (secondary N) is 2. The molecule has 0 saturated heterocycles. The Labute approximate surface area is 166 Å². The van der Waals surface area contributed by atoms with E-state index in [1.807, 2.05) is 13.0 Å². The van der Waals surface area contributed by atoms with Gasteiger partial charge in [-0.25, -0.2) is 9.37 Å². The molecular weight excluding hydrogens is 369 g/mol. The quantitative estimate of drug-likeness (QED) is 0.473. The van der Waals surface area contributed by atoms with Crippen molar-refractivity contribution in [3.05, 3.63) is 59.7 Å². The molecule has 1 aliphatic rings. The second kappa shape index (κ2) is 6.80. The Morgan fingerprint density at radius 2 is 1.97 bits per heavy atom. The van der Waals surface area contributed by atoms with Crippen LogP contribution in [0.1, 0.15) is 43.0 Å². The Kier molecular flexibility index (Phi) is 4.12. The van der Waals surface area contributed by atoms with Crippen LogP contribution >= 0.6 is 0 Å². The summed E-state index contributed by atoms with van der Waals surface area (Å²) in [5.74, 6) is 1.02. The predicted molar refractivity (Wildman–Crippen MR) is 110 cm³/mol. The van der Waals surface area contributed by atoms with Crippen LogP contribution in [0.5, 0.6) is 0 Å². The minimum atomic E-state index is -0.271. The third-order valence-corrected chi connectivity index (χ3v) is 5.23. The van der Waals surface area contributed by atoms with Crippen LogP contribution in [0.2, 0.25) is 0 Å². The number of aromatic nitrogens is 5. The molecule has 4 N–H and O–H groups in total. The zero-order valence-electron chi connectivity index (χ0n) is 15.9.